The highest BCUT2D eigenvalue weighted by molar-refractivity contribution is 5.09. The summed E-state index contributed by atoms with van der Waals surface area (Å²) in [5.74, 6) is 0.837. The van der Waals surface area contributed by atoms with E-state index in [1.54, 1.807) is 0 Å². The van der Waals surface area contributed by atoms with Crippen molar-refractivity contribution in [2.75, 3.05) is 13.2 Å². The van der Waals surface area contributed by atoms with Gasteiger partial charge < -0.3 is 19.3 Å². The standard InChI is InChI=1S/C23H40O6/c1-16-10-11-19-17(2)20(25-15-9-7-5-4-6-8-14-24)26-21-23(19)18(16)12-13-22(3,27-21)28-29-23/h16-21,24H,4-15H2,1-3H3/t16-,17-,18+,19+,20-,21-,22+,23-/m1/s1. The van der Waals surface area contributed by atoms with E-state index in [1.807, 2.05) is 6.92 Å². The molecule has 0 radical (unpaired) electrons. The molecule has 1 N–H and O–H groups in total. The van der Waals surface area contributed by atoms with Crippen LogP contribution in [0.25, 0.3) is 0 Å². The van der Waals surface area contributed by atoms with Crippen molar-refractivity contribution < 1.29 is 29.1 Å². The zero-order valence-electron chi connectivity index (χ0n) is 18.4. The molecule has 6 heteroatoms. The molecule has 4 heterocycles. The highest BCUT2D eigenvalue weighted by atomic mass is 17.3. The molecule has 0 aromatic carbocycles. The maximum Gasteiger partial charge on any atom is 0.201 e. The maximum atomic E-state index is 8.85. The van der Waals surface area contributed by atoms with E-state index in [4.69, 9.17) is 29.1 Å². The van der Waals surface area contributed by atoms with Gasteiger partial charge in [0.1, 0.15) is 0 Å². The molecule has 0 unspecified atom stereocenters. The highest BCUT2D eigenvalue weighted by Crippen LogP contribution is 2.60. The molecule has 5 rings (SSSR count). The fraction of sp³-hybridized carbons (Fsp3) is 1.00. The van der Waals surface area contributed by atoms with E-state index >= 15 is 0 Å². The van der Waals surface area contributed by atoms with E-state index in [-0.39, 0.29) is 12.2 Å². The molecule has 8 atom stereocenters. The molecule has 6 nitrogen and oxygen atoms in total. The average molecular weight is 413 g/mol. The summed E-state index contributed by atoms with van der Waals surface area (Å²) in [6, 6.07) is 0. The molecule has 1 saturated carbocycles. The summed E-state index contributed by atoms with van der Waals surface area (Å²) in [5.41, 5.74) is -0.500. The Morgan fingerprint density at radius 2 is 1.69 bits per heavy atom. The third-order valence-corrected chi connectivity index (χ3v) is 7.93. The highest BCUT2D eigenvalue weighted by Gasteiger charge is 2.69. The molecule has 2 bridgehead atoms. The maximum absolute atomic E-state index is 8.85. The van der Waals surface area contributed by atoms with Gasteiger partial charge >= 0.3 is 0 Å². The summed E-state index contributed by atoms with van der Waals surface area (Å²) >= 11 is 0. The lowest BCUT2D eigenvalue weighted by atomic mass is 9.58. The first-order valence-electron chi connectivity index (χ1n) is 11.9. The van der Waals surface area contributed by atoms with Crippen molar-refractivity contribution in [2.45, 2.75) is 109 Å². The Morgan fingerprint density at radius 1 is 0.931 bits per heavy atom. The summed E-state index contributed by atoms with van der Waals surface area (Å²) in [6.45, 7) is 7.56. The number of rotatable bonds is 9. The Hall–Kier alpha value is -0.240. The zero-order chi connectivity index (χ0) is 20.5. The normalized spacial score (nSPS) is 46.3. The zero-order valence-corrected chi connectivity index (χ0v) is 18.4. The Bertz CT molecular complexity index is 543. The van der Waals surface area contributed by atoms with Crippen LogP contribution >= 0.6 is 0 Å². The van der Waals surface area contributed by atoms with Crippen molar-refractivity contribution in [3.05, 3.63) is 0 Å². The van der Waals surface area contributed by atoms with Crippen molar-refractivity contribution in [3.8, 4) is 0 Å². The predicted molar refractivity (Wildman–Crippen MR) is 108 cm³/mol. The molecule has 5 fully saturated rings. The molecule has 168 valence electrons. The van der Waals surface area contributed by atoms with E-state index < -0.39 is 17.7 Å². The second-order valence-corrected chi connectivity index (χ2v) is 9.99. The van der Waals surface area contributed by atoms with Crippen LogP contribution in [0.2, 0.25) is 0 Å². The summed E-state index contributed by atoms with van der Waals surface area (Å²) in [5, 5.41) is 8.85. The number of fused-ring (bicyclic) bond motifs is 2. The number of ether oxygens (including phenoxy) is 3. The van der Waals surface area contributed by atoms with Crippen molar-refractivity contribution in [1.82, 2.24) is 0 Å². The van der Waals surface area contributed by atoms with Crippen LogP contribution in [-0.2, 0) is 24.0 Å². The minimum absolute atomic E-state index is 0.245. The fourth-order valence-corrected chi connectivity index (χ4v) is 6.18. The molecule has 0 amide bonds. The summed E-state index contributed by atoms with van der Waals surface area (Å²) in [7, 11) is 0. The van der Waals surface area contributed by atoms with Gasteiger partial charge in [0.15, 0.2) is 18.2 Å². The van der Waals surface area contributed by atoms with Crippen LogP contribution in [0.4, 0.5) is 0 Å². The predicted octanol–water partition coefficient (Wildman–Crippen LogP) is 4.54. The first kappa shape index (κ1) is 22.0. The Balaban J connectivity index is 1.36. The first-order chi connectivity index (χ1) is 14.0. The molecule has 5 aliphatic rings. The summed E-state index contributed by atoms with van der Waals surface area (Å²) < 4.78 is 19.0. The first-order valence-corrected chi connectivity index (χ1v) is 11.9. The van der Waals surface area contributed by atoms with Gasteiger partial charge in [-0.15, -0.1) is 0 Å². The Morgan fingerprint density at radius 3 is 2.48 bits per heavy atom. The van der Waals surface area contributed by atoms with Gasteiger partial charge in [0.05, 0.1) is 0 Å². The molecule has 1 spiro atoms. The second kappa shape index (κ2) is 9.09. The van der Waals surface area contributed by atoms with Crippen LogP contribution in [0.15, 0.2) is 0 Å². The van der Waals surface area contributed by atoms with Gasteiger partial charge in [0, 0.05) is 31.5 Å². The molecule has 29 heavy (non-hydrogen) atoms. The van der Waals surface area contributed by atoms with Gasteiger partial charge in [-0.3, -0.25) is 0 Å². The number of aliphatic hydroxyl groups is 1. The van der Waals surface area contributed by atoms with Crippen molar-refractivity contribution in [2.24, 2.45) is 23.7 Å². The number of hydrogen-bond acceptors (Lipinski definition) is 6. The monoisotopic (exact) mass is 412 g/mol. The largest absolute Gasteiger partial charge is 0.396 e. The Labute approximate surface area is 175 Å². The van der Waals surface area contributed by atoms with Crippen LogP contribution in [0.1, 0.15) is 85.0 Å². The molecule has 4 saturated heterocycles. The van der Waals surface area contributed by atoms with Crippen LogP contribution < -0.4 is 0 Å². The van der Waals surface area contributed by atoms with Gasteiger partial charge in [-0.2, -0.15) is 0 Å². The number of aliphatic hydroxyl groups excluding tert-OH is 1. The average Bonchev–Trinajstić information content (AvgIpc) is 2.93. The van der Waals surface area contributed by atoms with Crippen molar-refractivity contribution in [3.63, 3.8) is 0 Å². The molecule has 0 aromatic heterocycles. The van der Waals surface area contributed by atoms with E-state index in [0.29, 0.717) is 24.4 Å². The lowest BCUT2D eigenvalue weighted by Crippen LogP contribution is -2.70. The SMILES string of the molecule is C[C@H]1[C@H](OCCCCCCCCO)O[C@@H]2O[C@]3(C)CC[C@H]4[C@H](C)CC[C@@H]1[C@@]24OO3. The third-order valence-electron chi connectivity index (χ3n) is 7.93. The minimum atomic E-state index is -0.725. The second-order valence-electron chi connectivity index (χ2n) is 9.99. The Kier molecular flexibility index (Phi) is 6.89. The van der Waals surface area contributed by atoms with Gasteiger partial charge in [-0.25, -0.2) is 9.78 Å². The van der Waals surface area contributed by atoms with Gasteiger partial charge in [0.25, 0.3) is 0 Å². The van der Waals surface area contributed by atoms with E-state index in [0.717, 1.165) is 51.6 Å². The lowest BCUT2D eigenvalue weighted by molar-refractivity contribution is -0.577. The molecule has 4 aliphatic heterocycles. The number of hydrogen-bond donors (Lipinski definition) is 1. The smallest absolute Gasteiger partial charge is 0.201 e. The van der Waals surface area contributed by atoms with E-state index in [1.165, 1.54) is 19.3 Å². The van der Waals surface area contributed by atoms with Gasteiger partial charge in [-0.05, 0) is 50.9 Å². The fourth-order valence-electron chi connectivity index (χ4n) is 6.18. The van der Waals surface area contributed by atoms with Crippen molar-refractivity contribution >= 4 is 0 Å². The molecule has 1 aliphatic carbocycles. The van der Waals surface area contributed by atoms with Crippen LogP contribution in [-0.4, -0.2) is 42.3 Å². The molecule has 0 aromatic rings. The summed E-state index contributed by atoms with van der Waals surface area (Å²) in [4.78, 5) is 12.0. The summed E-state index contributed by atoms with van der Waals surface area (Å²) in [6.07, 6.45) is 10.2. The van der Waals surface area contributed by atoms with E-state index in [9.17, 15) is 0 Å². The topological polar surface area (TPSA) is 66.4 Å². The minimum Gasteiger partial charge on any atom is -0.396 e. The lowest BCUT2D eigenvalue weighted by Gasteiger charge is -2.60. The van der Waals surface area contributed by atoms with Crippen LogP contribution in [0.5, 0.6) is 0 Å². The molecular formula is C23H40O6. The quantitative estimate of drug-likeness (QED) is 0.443. The number of unbranched alkanes of at least 4 members (excludes halogenated alkanes) is 5. The van der Waals surface area contributed by atoms with E-state index in [2.05, 4.69) is 13.8 Å². The van der Waals surface area contributed by atoms with Crippen LogP contribution in [0.3, 0.4) is 0 Å². The van der Waals surface area contributed by atoms with Crippen molar-refractivity contribution in [1.29, 1.82) is 0 Å². The third kappa shape index (κ3) is 4.13. The van der Waals surface area contributed by atoms with Gasteiger partial charge in [-0.1, -0.05) is 39.5 Å². The van der Waals surface area contributed by atoms with Gasteiger partial charge in [0.2, 0.25) is 5.79 Å². The van der Waals surface area contributed by atoms with Crippen LogP contribution in [0, 0.1) is 23.7 Å². The molecular weight excluding hydrogens is 372 g/mol.